The van der Waals surface area contributed by atoms with Crippen molar-refractivity contribution < 1.29 is 9.26 Å². The topological polar surface area (TPSA) is 51.4 Å². The van der Waals surface area contributed by atoms with E-state index in [4.69, 9.17) is 9.26 Å². The smallest absolute Gasteiger partial charge is 0.241 e. The molecule has 0 unspecified atom stereocenters. The average Bonchev–Trinajstić information content (AvgIpc) is 3.33. The number of nitrogens with zero attached hydrogens (tertiary/aromatic N) is 3. The summed E-state index contributed by atoms with van der Waals surface area (Å²) in [5.41, 5.74) is 2.28. The lowest BCUT2D eigenvalue weighted by molar-refractivity contribution is 0.212. The van der Waals surface area contributed by atoms with Gasteiger partial charge in [-0.2, -0.15) is 4.98 Å². The monoisotopic (exact) mass is 335 g/mol. The van der Waals surface area contributed by atoms with Crippen molar-refractivity contribution >= 4 is 0 Å². The zero-order chi connectivity index (χ0) is 17.1. The standard InChI is InChI=1S/C20H21N3O2/c1-24-17-11-9-15(10-12-17)18-8-5-13-23(18)14-19-21-20(22-25-19)16-6-3-2-4-7-16/h2-4,6-7,9-12,18H,5,8,13-14H2,1H3/t18-/m0/s1. The molecule has 1 aliphatic rings. The molecule has 0 saturated carbocycles. The van der Waals surface area contributed by atoms with Gasteiger partial charge >= 0.3 is 0 Å². The molecule has 2 heterocycles. The summed E-state index contributed by atoms with van der Waals surface area (Å²) in [6.45, 7) is 1.72. The summed E-state index contributed by atoms with van der Waals surface area (Å²) in [6, 6.07) is 18.6. The van der Waals surface area contributed by atoms with Gasteiger partial charge in [0.1, 0.15) is 5.75 Å². The van der Waals surface area contributed by atoms with Crippen LogP contribution in [0.1, 0.15) is 30.3 Å². The Morgan fingerprint density at radius 3 is 2.68 bits per heavy atom. The number of likely N-dealkylation sites (tertiary alicyclic amines) is 1. The molecule has 0 spiro atoms. The van der Waals surface area contributed by atoms with Gasteiger partial charge in [0.25, 0.3) is 0 Å². The van der Waals surface area contributed by atoms with E-state index in [-0.39, 0.29) is 0 Å². The Labute approximate surface area is 147 Å². The second-order valence-corrected chi connectivity index (χ2v) is 6.28. The molecule has 1 aliphatic heterocycles. The minimum Gasteiger partial charge on any atom is -0.497 e. The summed E-state index contributed by atoms with van der Waals surface area (Å²) < 4.78 is 10.7. The fourth-order valence-electron chi connectivity index (χ4n) is 3.42. The molecule has 3 aromatic rings. The van der Waals surface area contributed by atoms with Gasteiger partial charge in [0, 0.05) is 11.6 Å². The number of rotatable bonds is 5. The van der Waals surface area contributed by atoms with E-state index in [9.17, 15) is 0 Å². The van der Waals surface area contributed by atoms with Gasteiger partial charge < -0.3 is 9.26 Å². The maximum absolute atomic E-state index is 5.48. The van der Waals surface area contributed by atoms with Gasteiger partial charge in [0.05, 0.1) is 13.7 Å². The second kappa shape index (κ2) is 7.07. The first-order valence-corrected chi connectivity index (χ1v) is 8.59. The fraction of sp³-hybridized carbons (Fsp3) is 0.300. The van der Waals surface area contributed by atoms with Crippen LogP contribution in [0.4, 0.5) is 0 Å². The maximum Gasteiger partial charge on any atom is 0.241 e. The van der Waals surface area contributed by atoms with Gasteiger partial charge in [-0.1, -0.05) is 47.6 Å². The Kier molecular flexibility index (Phi) is 4.48. The number of aromatic nitrogens is 2. The van der Waals surface area contributed by atoms with Gasteiger partial charge in [-0.25, -0.2) is 0 Å². The van der Waals surface area contributed by atoms with Crippen molar-refractivity contribution in [1.82, 2.24) is 15.0 Å². The van der Waals surface area contributed by atoms with Crippen molar-refractivity contribution in [2.45, 2.75) is 25.4 Å². The zero-order valence-corrected chi connectivity index (χ0v) is 14.3. The van der Waals surface area contributed by atoms with Gasteiger partial charge in [-0.3, -0.25) is 4.90 Å². The molecular weight excluding hydrogens is 314 g/mol. The number of benzene rings is 2. The van der Waals surface area contributed by atoms with E-state index in [1.807, 2.05) is 42.5 Å². The molecule has 128 valence electrons. The Balaban J connectivity index is 1.49. The molecule has 1 saturated heterocycles. The Morgan fingerprint density at radius 2 is 1.92 bits per heavy atom. The Hall–Kier alpha value is -2.66. The summed E-state index contributed by atoms with van der Waals surface area (Å²) in [5, 5.41) is 4.12. The van der Waals surface area contributed by atoms with Crippen LogP contribution in [0.25, 0.3) is 11.4 Å². The molecule has 0 bridgehead atoms. The van der Waals surface area contributed by atoms with E-state index < -0.39 is 0 Å². The van der Waals surface area contributed by atoms with Gasteiger partial charge in [0.2, 0.25) is 11.7 Å². The molecule has 0 radical (unpaired) electrons. The number of hydrogen-bond acceptors (Lipinski definition) is 5. The van der Waals surface area contributed by atoms with Crippen molar-refractivity contribution in [3.8, 4) is 17.1 Å². The van der Waals surface area contributed by atoms with Crippen LogP contribution >= 0.6 is 0 Å². The van der Waals surface area contributed by atoms with Crippen molar-refractivity contribution in [3.05, 3.63) is 66.1 Å². The largest absolute Gasteiger partial charge is 0.497 e. The van der Waals surface area contributed by atoms with Gasteiger partial charge in [-0.15, -0.1) is 0 Å². The van der Waals surface area contributed by atoms with Crippen LogP contribution < -0.4 is 4.74 Å². The molecule has 25 heavy (non-hydrogen) atoms. The lowest BCUT2D eigenvalue weighted by atomic mass is 10.0. The fourth-order valence-corrected chi connectivity index (χ4v) is 3.42. The summed E-state index contributed by atoms with van der Waals surface area (Å²) in [7, 11) is 1.69. The Morgan fingerprint density at radius 1 is 1.12 bits per heavy atom. The number of methoxy groups -OCH3 is 1. The summed E-state index contributed by atoms with van der Waals surface area (Å²) in [5.74, 6) is 2.20. The third-order valence-corrected chi connectivity index (χ3v) is 4.70. The van der Waals surface area contributed by atoms with E-state index in [0.717, 1.165) is 24.3 Å². The molecule has 1 fully saturated rings. The molecule has 0 amide bonds. The highest BCUT2D eigenvalue weighted by atomic mass is 16.5. The van der Waals surface area contributed by atoms with Crippen molar-refractivity contribution in [1.29, 1.82) is 0 Å². The zero-order valence-electron chi connectivity index (χ0n) is 14.3. The van der Waals surface area contributed by atoms with Gasteiger partial charge in [0.15, 0.2) is 0 Å². The quantitative estimate of drug-likeness (QED) is 0.703. The molecule has 1 atom stereocenters. The highest BCUT2D eigenvalue weighted by Gasteiger charge is 2.27. The van der Waals surface area contributed by atoms with E-state index in [2.05, 4.69) is 27.2 Å². The normalized spacial score (nSPS) is 17.7. The van der Waals surface area contributed by atoms with Crippen LogP contribution in [0.15, 0.2) is 59.1 Å². The maximum atomic E-state index is 5.48. The SMILES string of the molecule is COc1ccc([C@@H]2CCCN2Cc2nc(-c3ccccc3)no2)cc1. The first kappa shape index (κ1) is 15.8. The summed E-state index contributed by atoms with van der Waals surface area (Å²) in [4.78, 5) is 6.97. The molecule has 2 aromatic carbocycles. The van der Waals surface area contributed by atoms with Crippen LogP contribution in [-0.4, -0.2) is 28.7 Å². The van der Waals surface area contributed by atoms with Gasteiger partial charge in [-0.05, 0) is 37.1 Å². The van der Waals surface area contributed by atoms with Crippen molar-refractivity contribution in [3.63, 3.8) is 0 Å². The molecule has 5 nitrogen and oxygen atoms in total. The summed E-state index contributed by atoms with van der Waals surface area (Å²) >= 11 is 0. The predicted molar refractivity (Wildman–Crippen MR) is 95.1 cm³/mol. The lowest BCUT2D eigenvalue weighted by Gasteiger charge is -2.23. The van der Waals surface area contributed by atoms with Crippen LogP contribution in [0.2, 0.25) is 0 Å². The highest BCUT2D eigenvalue weighted by Crippen LogP contribution is 2.33. The second-order valence-electron chi connectivity index (χ2n) is 6.28. The van der Waals surface area contributed by atoms with Crippen LogP contribution in [0, 0.1) is 0 Å². The highest BCUT2D eigenvalue weighted by molar-refractivity contribution is 5.53. The number of hydrogen-bond donors (Lipinski definition) is 0. The first-order chi connectivity index (χ1) is 12.3. The third-order valence-electron chi connectivity index (χ3n) is 4.70. The molecule has 0 aliphatic carbocycles. The molecule has 1 aromatic heterocycles. The number of ether oxygens (including phenoxy) is 1. The minimum absolute atomic E-state index is 0.387. The van der Waals surface area contributed by atoms with E-state index >= 15 is 0 Å². The molecule has 0 N–H and O–H groups in total. The van der Waals surface area contributed by atoms with Crippen molar-refractivity contribution in [2.75, 3.05) is 13.7 Å². The van der Waals surface area contributed by atoms with E-state index in [1.54, 1.807) is 7.11 Å². The van der Waals surface area contributed by atoms with E-state index in [0.29, 0.717) is 24.3 Å². The van der Waals surface area contributed by atoms with Crippen LogP contribution in [0.5, 0.6) is 5.75 Å². The van der Waals surface area contributed by atoms with Crippen molar-refractivity contribution in [2.24, 2.45) is 0 Å². The van der Waals surface area contributed by atoms with E-state index in [1.165, 1.54) is 12.0 Å². The average molecular weight is 335 g/mol. The third kappa shape index (κ3) is 3.42. The lowest BCUT2D eigenvalue weighted by Crippen LogP contribution is -2.22. The Bertz CT molecular complexity index is 814. The predicted octanol–water partition coefficient (Wildman–Crippen LogP) is 4.08. The first-order valence-electron chi connectivity index (χ1n) is 8.59. The molecular formula is C20H21N3O2. The van der Waals surface area contributed by atoms with Crippen LogP contribution in [0.3, 0.4) is 0 Å². The molecule has 5 heteroatoms. The summed E-state index contributed by atoms with van der Waals surface area (Å²) in [6.07, 6.45) is 2.32. The molecule has 4 rings (SSSR count). The van der Waals surface area contributed by atoms with Crippen LogP contribution in [-0.2, 0) is 6.54 Å². The minimum atomic E-state index is 0.387.